The molecule has 0 radical (unpaired) electrons. The van der Waals surface area contributed by atoms with Gasteiger partial charge in [0.2, 0.25) is 0 Å². The summed E-state index contributed by atoms with van der Waals surface area (Å²) in [6.45, 7) is 1.80. The van der Waals surface area contributed by atoms with Crippen LogP contribution in [0.1, 0.15) is 12.5 Å². The zero-order valence-corrected chi connectivity index (χ0v) is 10.7. The Bertz CT molecular complexity index is 357. The molecule has 0 aliphatic carbocycles. The van der Waals surface area contributed by atoms with Crippen LogP contribution in [0.4, 0.5) is 8.78 Å². The molecule has 0 spiro atoms. The number of methoxy groups -OCH3 is 1. The number of hydrogen-bond donors (Lipinski definition) is 2. The van der Waals surface area contributed by atoms with Crippen LogP contribution in [-0.4, -0.2) is 32.2 Å². The van der Waals surface area contributed by atoms with Crippen molar-refractivity contribution in [1.82, 2.24) is 5.32 Å². The van der Waals surface area contributed by atoms with Gasteiger partial charge in [-0.3, -0.25) is 0 Å². The van der Waals surface area contributed by atoms with E-state index < -0.39 is 12.0 Å². The first-order chi connectivity index (χ1) is 8.49. The van der Waals surface area contributed by atoms with E-state index in [1.807, 2.05) is 31.2 Å². The Hall–Kier alpha value is -1.20. The first-order valence-electron chi connectivity index (χ1n) is 5.85. The largest absolute Gasteiger partial charge is 0.497 e. The lowest BCUT2D eigenvalue weighted by atomic mass is 9.93. The summed E-state index contributed by atoms with van der Waals surface area (Å²) in [5.41, 5.74) is 6.18. The van der Waals surface area contributed by atoms with Crippen LogP contribution in [0.5, 0.6) is 5.75 Å². The summed E-state index contributed by atoms with van der Waals surface area (Å²) in [6.07, 6.45) is -1.77. The summed E-state index contributed by atoms with van der Waals surface area (Å²) < 4.78 is 29.5. The highest BCUT2D eigenvalue weighted by Gasteiger charge is 2.23. The molecule has 1 rings (SSSR count). The highest BCUT2D eigenvalue weighted by Crippen LogP contribution is 2.16. The average Bonchev–Trinajstić information content (AvgIpc) is 2.37. The number of halogens is 2. The first kappa shape index (κ1) is 14.9. The Kier molecular flexibility index (Phi) is 5.50. The molecule has 1 atom stereocenters. The molecule has 0 amide bonds. The van der Waals surface area contributed by atoms with Gasteiger partial charge < -0.3 is 15.8 Å². The van der Waals surface area contributed by atoms with Crippen LogP contribution in [0, 0.1) is 0 Å². The van der Waals surface area contributed by atoms with Gasteiger partial charge in [-0.15, -0.1) is 0 Å². The van der Waals surface area contributed by atoms with Crippen LogP contribution in [0.3, 0.4) is 0 Å². The molecule has 0 aromatic heterocycles. The number of rotatable bonds is 7. The smallest absolute Gasteiger partial charge is 0.250 e. The Labute approximate surface area is 106 Å². The van der Waals surface area contributed by atoms with Gasteiger partial charge in [-0.05, 0) is 31.0 Å². The number of benzene rings is 1. The van der Waals surface area contributed by atoms with Crippen molar-refractivity contribution in [3.8, 4) is 5.75 Å². The summed E-state index contributed by atoms with van der Waals surface area (Å²) in [6, 6.07) is 7.52. The Balaban J connectivity index is 2.65. The summed E-state index contributed by atoms with van der Waals surface area (Å²) >= 11 is 0. The standard InChI is InChI=1S/C13H20F2N2O/c1-13(9-16,17-8-12(14)15)7-10-3-5-11(18-2)6-4-10/h3-6,12,17H,7-9,16H2,1-2H3. The van der Waals surface area contributed by atoms with E-state index in [-0.39, 0.29) is 6.54 Å². The van der Waals surface area contributed by atoms with E-state index in [2.05, 4.69) is 5.32 Å². The SMILES string of the molecule is COc1ccc(CC(C)(CN)NCC(F)F)cc1. The number of ether oxygens (including phenoxy) is 1. The van der Waals surface area contributed by atoms with Gasteiger partial charge in [-0.2, -0.15) is 0 Å². The summed E-state index contributed by atoms with van der Waals surface area (Å²) in [5, 5.41) is 2.82. The molecule has 1 aromatic rings. The third kappa shape index (κ3) is 4.58. The summed E-state index contributed by atoms with van der Waals surface area (Å²) in [7, 11) is 1.60. The van der Waals surface area contributed by atoms with Crippen LogP contribution in [0.15, 0.2) is 24.3 Å². The maximum Gasteiger partial charge on any atom is 0.250 e. The minimum Gasteiger partial charge on any atom is -0.497 e. The second-order valence-electron chi connectivity index (χ2n) is 4.56. The minimum atomic E-state index is -2.37. The number of hydrogen-bond acceptors (Lipinski definition) is 3. The molecule has 18 heavy (non-hydrogen) atoms. The predicted molar refractivity (Wildman–Crippen MR) is 68.2 cm³/mol. The lowest BCUT2D eigenvalue weighted by Gasteiger charge is -2.29. The fourth-order valence-corrected chi connectivity index (χ4v) is 1.72. The fraction of sp³-hybridized carbons (Fsp3) is 0.538. The summed E-state index contributed by atoms with van der Waals surface area (Å²) in [5.74, 6) is 0.772. The van der Waals surface area contributed by atoms with Gasteiger partial charge in [0.05, 0.1) is 13.7 Å². The zero-order chi connectivity index (χ0) is 13.6. The van der Waals surface area contributed by atoms with Gasteiger partial charge in [-0.25, -0.2) is 8.78 Å². The second-order valence-corrected chi connectivity index (χ2v) is 4.56. The Morgan fingerprint density at radius 2 is 1.94 bits per heavy atom. The normalized spacial score (nSPS) is 14.6. The molecule has 0 aliphatic rings. The molecule has 102 valence electrons. The fourth-order valence-electron chi connectivity index (χ4n) is 1.72. The second kappa shape index (κ2) is 6.66. The van der Waals surface area contributed by atoms with Gasteiger partial charge in [0.1, 0.15) is 5.75 Å². The minimum absolute atomic E-state index is 0.297. The third-order valence-electron chi connectivity index (χ3n) is 2.89. The maximum absolute atomic E-state index is 12.2. The van der Waals surface area contributed by atoms with Crippen molar-refractivity contribution in [3.05, 3.63) is 29.8 Å². The van der Waals surface area contributed by atoms with Crippen molar-refractivity contribution in [2.45, 2.75) is 25.3 Å². The van der Waals surface area contributed by atoms with Gasteiger partial charge >= 0.3 is 0 Å². The van der Waals surface area contributed by atoms with Gasteiger partial charge in [0.25, 0.3) is 6.43 Å². The number of nitrogens with two attached hydrogens (primary N) is 1. The molecule has 0 heterocycles. The van der Waals surface area contributed by atoms with Crippen LogP contribution in [-0.2, 0) is 6.42 Å². The maximum atomic E-state index is 12.2. The Morgan fingerprint density at radius 3 is 2.39 bits per heavy atom. The number of nitrogens with one attached hydrogen (secondary N) is 1. The highest BCUT2D eigenvalue weighted by molar-refractivity contribution is 5.28. The van der Waals surface area contributed by atoms with E-state index in [4.69, 9.17) is 10.5 Å². The molecule has 1 aromatic carbocycles. The van der Waals surface area contributed by atoms with Gasteiger partial charge in [0.15, 0.2) is 0 Å². The van der Waals surface area contributed by atoms with Crippen molar-refractivity contribution in [1.29, 1.82) is 0 Å². The zero-order valence-electron chi connectivity index (χ0n) is 10.7. The quantitative estimate of drug-likeness (QED) is 0.784. The van der Waals surface area contributed by atoms with Crippen molar-refractivity contribution in [2.75, 3.05) is 20.2 Å². The molecule has 0 aliphatic heterocycles. The van der Waals surface area contributed by atoms with Crippen molar-refractivity contribution in [3.63, 3.8) is 0 Å². The van der Waals surface area contributed by atoms with E-state index in [0.717, 1.165) is 11.3 Å². The van der Waals surface area contributed by atoms with Crippen LogP contribution in [0.2, 0.25) is 0 Å². The lowest BCUT2D eigenvalue weighted by molar-refractivity contribution is 0.132. The van der Waals surface area contributed by atoms with Crippen molar-refractivity contribution < 1.29 is 13.5 Å². The van der Waals surface area contributed by atoms with Crippen LogP contribution in [0.25, 0.3) is 0 Å². The van der Waals surface area contributed by atoms with Crippen molar-refractivity contribution >= 4 is 0 Å². The van der Waals surface area contributed by atoms with E-state index in [0.29, 0.717) is 13.0 Å². The molecular weight excluding hydrogens is 238 g/mol. The molecule has 5 heteroatoms. The topological polar surface area (TPSA) is 47.3 Å². The molecule has 0 saturated heterocycles. The van der Waals surface area contributed by atoms with E-state index in [9.17, 15) is 8.78 Å². The highest BCUT2D eigenvalue weighted by atomic mass is 19.3. The van der Waals surface area contributed by atoms with Gasteiger partial charge in [-0.1, -0.05) is 12.1 Å². The monoisotopic (exact) mass is 258 g/mol. The third-order valence-corrected chi connectivity index (χ3v) is 2.89. The van der Waals surface area contributed by atoms with E-state index >= 15 is 0 Å². The Morgan fingerprint density at radius 1 is 1.33 bits per heavy atom. The van der Waals surface area contributed by atoms with Gasteiger partial charge in [0, 0.05) is 12.1 Å². The molecule has 0 fully saturated rings. The molecule has 1 unspecified atom stereocenters. The predicted octanol–water partition coefficient (Wildman–Crippen LogP) is 1.81. The van der Waals surface area contributed by atoms with Crippen LogP contribution >= 0.6 is 0 Å². The first-order valence-corrected chi connectivity index (χ1v) is 5.85. The molecule has 0 saturated carbocycles. The molecule has 3 N–H and O–H groups in total. The summed E-state index contributed by atoms with van der Waals surface area (Å²) in [4.78, 5) is 0. The van der Waals surface area contributed by atoms with E-state index in [1.165, 1.54) is 0 Å². The molecule has 3 nitrogen and oxygen atoms in total. The average molecular weight is 258 g/mol. The number of alkyl halides is 2. The van der Waals surface area contributed by atoms with Crippen molar-refractivity contribution in [2.24, 2.45) is 5.73 Å². The molecule has 0 bridgehead atoms. The van der Waals surface area contributed by atoms with E-state index in [1.54, 1.807) is 7.11 Å². The molecular formula is C13H20F2N2O. The van der Waals surface area contributed by atoms with Crippen LogP contribution < -0.4 is 15.8 Å². The lowest BCUT2D eigenvalue weighted by Crippen LogP contribution is -2.51.